The molecule has 0 amide bonds. The maximum atomic E-state index is 14.3. The van der Waals surface area contributed by atoms with Crippen LogP contribution in [-0.2, 0) is 0 Å². The van der Waals surface area contributed by atoms with E-state index in [0.29, 0.717) is 33.2 Å². The predicted octanol–water partition coefficient (Wildman–Crippen LogP) is 4.99. The molecule has 0 unspecified atom stereocenters. The Balaban J connectivity index is 1.88. The number of hydrogen-bond acceptors (Lipinski definition) is 5. The van der Waals surface area contributed by atoms with Crippen molar-refractivity contribution in [3.8, 4) is 11.8 Å². The van der Waals surface area contributed by atoms with Gasteiger partial charge in [0, 0.05) is 28.2 Å². The predicted molar refractivity (Wildman–Crippen MR) is 114 cm³/mol. The average Bonchev–Trinajstić information content (AvgIpc) is 3.00. The van der Waals surface area contributed by atoms with E-state index in [9.17, 15) is 19.2 Å². The lowest BCUT2D eigenvalue weighted by molar-refractivity contribution is 0.101. The normalized spacial score (nSPS) is 10.7. The van der Waals surface area contributed by atoms with E-state index < -0.39 is 0 Å². The molecule has 0 radical (unpaired) electrons. The summed E-state index contributed by atoms with van der Waals surface area (Å²) in [6, 6.07) is 11.7. The van der Waals surface area contributed by atoms with Gasteiger partial charge in [-0.05, 0) is 52.0 Å². The number of halogens is 1. The number of aryl methyl sites for hydroxylation is 2. The van der Waals surface area contributed by atoms with Crippen LogP contribution in [0.15, 0.2) is 41.4 Å². The Bertz CT molecular complexity index is 1210. The smallest absolute Gasteiger partial charge is 0.174 e. The number of ketones is 2. The maximum Gasteiger partial charge on any atom is 0.174 e. The second-order valence-corrected chi connectivity index (χ2v) is 7.89. The maximum absolute atomic E-state index is 14.3. The van der Waals surface area contributed by atoms with Crippen molar-refractivity contribution in [1.82, 2.24) is 9.55 Å². The Kier molecular flexibility index (Phi) is 6.18. The zero-order valence-corrected chi connectivity index (χ0v) is 17.9. The topological polar surface area (TPSA) is 75.8 Å². The molecule has 0 N–H and O–H groups in total. The van der Waals surface area contributed by atoms with E-state index in [0.717, 1.165) is 17.5 Å². The lowest BCUT2D eigenvalue weighted by Crippen LogP contribution is -2.08. The number of rotatable bonds is 6. The second-order valence-electron chi connectivity index (χ2n) is 6.93. The van der Waals surface area contributed by atoms with Crippen molar-refractivity contribution < 1.29 is 14.0 Å². The summed E-state index contributed by atoms with van der Waals surface area (Å²) < 4.78 is 16.0. The number of nitrogens with zero attached hydrogens (tertiary/aromatic N) is 3. The van der Waals surface area contributed by atoms with E-state index in [4.69, 9.17) is 0 Å². The first kappa shape index (κ1) is 21.5. The zero-order chi connectivity index (χ0) is 22.0. The van der Waals surface area contributed by atoms with Crippen LogP contribution in [0.1, 0.15) is 50.3 Å². The Labute approximate surface area is 178 Å². The molecular formula is C23H20FN3O2S. The van der Waals surface area contributed by atoms with Gasteiger partial charge in [0.25, 0.3) is 0 Å². The fraction of sp³-hybridized carbons (Fsp3) is 0.217. The van der Waals surface area contributed by atoms with Crippen molar-refractivity contribution in [1.29, 1.82) is 5.26 Å². The summed E-state index contributed by atoms with van der Waals surface area (Å²) in [5.74, 6) is -0.599. The number of hydrogen-bond donors (Lipinski definition) is 0. The molecule has 0 spiro atoms. The number of thioether (sulfide) groups is 1. The third-order valence-corrected chi connectivity index (χ3v) is 5.83. The van der Waals surface area contributed by atoms with Gasteiger partial charge in [-0.25, -0.2) is 9.37 Å². The van der Waals surface area contributed by atoms with Crippen molar-refractivity contribution in [3.05, 3.63) is 76.0 Å². The highest BCUT2D eigenvalue weighted by Crippen LogP contribution is 2.27. The second kappa shape index (κ2) is 8.64. The molecule has 0 aliphatic rings. The van der Waals surface area contributed by atoms with E-state index in [1.165, 1.54) is 19.1 Å². The van der Waals surface area contributed by atoms with Crippen LogP contribution < -0.4 is 0 Å². The fourth-order valence-corrected chi connectivity index (χ4v) is 4.28. The van der Waals surface area contributed by atoms with Gasteiger partial charge in [-0.15, -0.1) is 0 Å². The molecule has 1 aromatic carbocycles. The summed E-state index contributed by atoms with van der Waals surface area (Å²) >= 11 is 1.15. The van der Waals surface area contributed by atoms with E-state index in [2.05, 4.69) is 4.98 Å². The van der Waals surface area contributed by atoms with Gasteiger partial charge in [0.1, 0.15) is 16.9 Å². The van der Waals surface area contributed by atoms with E-state index in [1.807, 2.05) is 13.0 Å². The molecule has 0 fully saturated rings. The largest absolute Gasteiger partial charge is 0.315 e. The highest BCUT2D eigenvalue weighted by Gasteiger charge is 2.20. The summed E-state index contributed by atoms with van der Waals surface area (Å²) in [6.45, 7) is 6.73. The van der Waals surface area contributed by atoms with Crippen LogP contribution in [-0.4, -0.2) is 26.9 Å². The molecule has 0 aliphatic carbocycles. The molecule has 7 heteroatoms. The monoisotopic (exact) mass is 421 g/mol. The quantitative estimate of drug-likeness (QED) is 0.414. The highest BCUT2D eigenvalue weighted by molar-refractivity contribution is 8.00. The minimum absolute atomic E-state index is 0.0715. The summed E-state index contributed by atoms with van der Waals surface area (Å²) in [6.07, 6.45) is 0. The number of Topliss-reactive ketones (excluding diaryl/α,β-unsaturated/α-hetero) is 2. The molecule has 2 heterocycles. The molecule has 0 bridgehead atoms. The van der Waals surface area contributed by atoms with Crippen LogP contribution in [0.5, 0.6) is 0 Å². The first-order chi connectivity index (χ1) is 14.2. The third-order valence-electron chi connectivity index (χ3n) is 4.84. The van der Waals surface area contributed by atoms with Crippen LogP contribution in [0.25, 0.3) is 5.69 Å². The first-order valence-corrected chi connectivity index (χ1v) is 10.3. The molecule has 2 aromatic heterocycles. The van der Waals surface area contributed by atoms with Crippen molar-refractivity contribution in [3.63, 3.8) is 0 Å². The Morgan fingerprint density at radius 3 is 2.50 bits per heavy atom. The molecule has 0 saturated carbocycles. The van der Waals surface area contributed by atoms with Crippen molar-refractivity contribution in [2.24, 2.45) is 0 Å². The molecule has 0 atom stereocenters. The number of carbonyl (C=O) groups is 2. The van der Waals surface area contributed by atoms with E-state index in [-0.39, 0.29) is 28.7 Å². The molecule has 0 saturated heterocycles. The number of aromatic nitrogens is 2. The van der Waals surface area contributed by atoms with Gasteiger partial charge in [0.2, 0.25) is 0 Å². The third kappa shape index (κ3) is 4.05. The Morgan fingerprint density at radius 2 is 1.87 bits per heavy atom. The van der Waals surface area contributed by atoms with Crippen LogP contribution in [0.3, 0.4) is 0 Å². The van der Waals surface area contributed by atoms with Crippen LogP contribution >= 0.6 is 11.8 Å². The van der Waals surface area contributed by atoms with Gasteiger partial charge >= 0.3 is 0 Å². The van der Waals surface area contributed by atoms with E-state index in [1.54, 1.807) is 42.7 Å². The van der Waals surface area contributed by atoms with E-state index >= 15 is 0 Å². The van der Waals surface area contributed by atoms with Crippen molar-refractivity contribution >= 4 is 23.3 Å². The number of benzene rings is 1. The summed E-state index contributed by atoms with van der Waals surface area (Å²) in [5.41, 5.74) is 3.48. The number of pyridine rings is 1. The lowest BCUT2D eigenvalue weighted by atomic mass is 10.1. The first-order valence-electron chi connectivity index (χ1n) is 9.27. The lowest BCUT2D eigenvalue weighted by Gasteiger charge is -2.11. The van der Waals surface area contributed by atoms with Crippen LogP contribution in [0, 0.1) is 37.9 Å². The summed E-state index contributed by atoms with van der Waals surface area (Å²) in [7, 11) is 0. The average molecular weight is 421 g/mol. The fourth-order valence-electron chi connectivity index (χ4n) is 3.39. The molecule has 152 valence electrons. The van der Waals surface area contributed by atoms with Gasteiger partial charge in [-0.1, -0.05) is 23.9 Å². The van der Waals surface area contributed by atoms with Crippen molar-refractivity contribution in [2.45, 2.75) is 32.7 Å². The molecule has 3 rings (SSSR count). The van der Waals surface area contributed by atoms with Gasteiger partial charge in [0.05, 0.1) is 17.0 Å². The molecule has 5 nitrogen and oxygen atoms in total. The summed E-state index contributed by atoms with van der Waals surface area (Å²) in [5, 5.41) is 9.81. The van der Waals surface area contributed by atoms with Gasteiger partial charge < -0.3 is 4.57 Å². The molecular weight excluding hydrogens is 401 g/mol. The Hall–Kier alpha value is -3.24. The number of para-hydroxylation sites is 1. The standard InChI is InChI=1S/C23H20FN3O2S/c1-13-9-19(15(3)27(13)21-8-6-5-7-20(21)24)22(29)12-30-23-17(11-25)10-18(16(4)28)14(2)26-23/h5-10H,12H2,1-4H3. The minimum atomic E-state index is -0.364. The Morgan fingerprint density at radius 1 is 1.17 bits per heavy atom. The van der Waals surface area contributed by atoms with Crippen LogP contribution in [0.4, 0.5) is 4.39 Å². The molecule has 3 aromatic rings. The van der Waals surface area contributed by atoms with Gasteiger partial charge in [0.15, 0.2) is 11.6 Å². The SMILES string of the molecule is CC(=O)c1cc(C#N)c(SCC(=O)c2cc(C)n(-c3ccccc3F)c2C)nc1C. The highest BCUT2D eigenvalue weighted by atomic mass is 32.2. The summed E-state index contributed by atoms with van der Waals surface area (Å²) in [4.78, 5) is 28.9. The van der Waals surface area contributed by atoms with Crippen molar-refractivity contribution in [2.75, 3.05) is 5.75 Å². The van der Waals surface area contributed by atoms with Gasteiger partial charge in [-0.3, -0.25) is 9.59 Å². The van der Waals surface area contributed by atoms with Crippen LogP contribution in [0.2, 0.25) is 0 Å². The minimum Gasteiger partial charge on any atom is -0.315 e. The molecule has 30 heavy (non-hydrogen) atoms. The molecule has 0 aliphatic heterocycles. The number of nitriles is 1. The number of carbonyl (C=O) groups excluding carboxylic acids is 2. The zero-order valence-electron chi connectivity index (χ0n) is 17.1. The van der Waals surface area contributed by atoms with Gasteiger partial charge in [-0.2, -0.15) is 5.26 Å².